The van der Waals surface area contributed by atoms with E-state index in [2.05, 4.69) is 99.0 Å². The first kappa shape index (κ1) is 84.2. The zero-order valence-electron chi connectivity index (χ0n) is 58.0. The Kier molecular flexibility index (Phi) is 64.0. The van der Waals surface area contributed by atoms with Gasteiger partial charge in [0.05, 0.1) is 33.8 Å². The molecule has 3 unspecified atom stereocenters. The minimum Gasteiger partial charge on any atom is -0.456 e. The van der Waals surface area contributed by atoms with Crippen molar-refractivity contribution >= 4 is 19.7 Å². The van der Waals surface area contributed by atoms with Crippen molar-refractivity contribution < 1.29 is 37.3 Å². The van der Waals surface area contributed by atoms with Crippen LogP contribution in [0.4, 0.5) is 0 Å². The van der Waals surface area contributed by atoms with Crippen molar-refractivity contribution in [3.63, 3.8) is 0 Å². The minimum absolute atomic E-state index is 0.0361. The normalized spacial score (nSPS) is 14.0. The second kappa shape index (κ2) is 66.1. The topological polar surface area (TPSA) is 111 Å². The summed E-state index contributed by atoms with van der Waals surface area (Å²) in [7, 11) is 1.49. The van der Waals surface area contributed by atoms with Crippen LogP contribution in [0.2, 0.25) is 0 Å². The first-order chi connectivity index (χ1) is 42.4. The van der Waals surface area contributed by atoms with Crippen LogP contribution in [0.3, 0.4) is 0 Å². The molecular formula is C77H142N2O7P+. The summed E-state index contributed by atoms with van der Waals surface area (Å²) in [6.45, 7) is 6.92. The van der Waals surface area contributed by atoms with E-state index in [-0.39, 0.29) is 31.5 Å². The lowest BCUT2D eigenvalue weighted by Gasteiger charge is -2.27. The fourth-order valence-electron chi connectivity index (χ4n) is 10.7. The highest BCUT2D eigenvalue weighted by Gasteiger charge is 2.30. The van der Waals surface area contributed by atoms with E-state index in [1.165, 1.54) is 186 Å². The summed E-state index contributed by atoms with van der Waals surface area (Å²) in [4.78, 5) is 37.9. The summed E-state index contributed by atoms with van der Waals surface area (Å²) in [6, 6.07) is -0.858. The van der Waals surface area contributed by atoms with Gasteiger partial charge in [0.25, 0.3) is 0 Å². The Morgan fingerprint density at radius 1 is 0.414 bits per heavy atom. The molecule has 0 aromatic rings. The standard InChI is InChI=1S/C77H141N2O7P/c1-7-10-13-16-19-22-25-27-29-31-33-35-37-39-41-43-45-47-49-51-54-57-60-63-66-69-76(80)78-74(73-85-87(82,83)84-72-71-79(4,5)6)75(68-65-62-59-56-53-24-21-18-15-12-9-3)86-77(81)70-67-64-61-58-55-52-50-48-46-44-42-40-38-36-34-32-30-28-26-23-20-17-14-11-8-2/h11,14,20,23,28,30,34,36,40,42,46,48,65,68,74-75H,7-10,12-13,15-19,21-22,24-27,29,31-33,35,37-39,41,43-45,47,49-64,66-67,69-73H2,1-6H3,(H-,78,80,82,83)/p+1/b14-11-,23-20-,30-28-,36-34-,42-40-,48-46-,68-65+. The molecule has 2 N–H and O–H groups in total. The number of hydrogen-bond donors (Lipinski definition) is 2. The van der Waals surface area contributed by atoms with Crippen LogP contribution in [0.25, 0.3) is 0 Å². The van der Waals surface area contributed by atoms with Crippen LogP contribution in [-0.4, -0.2) is 74.3 Å². The Labute approximate surface area is 539 Å². The van der Waals surface area contributed by atoms with Gasteiger partial charge >= 0.3 is 13.8 Å². The van der Waals surface area contributed by atoms with Crippen molar-refractivity contribution in [1.29, 1.82) is 0 Å². The number of phosphoric acid groups is 1. The van der Waals surface area contributed by atoms with Gasteiger partial charge in [0, 0.05) is 12.8 Å². The number of quaternary nitrogens is 1. The number of allylic oxidation sites excluding steroid dienone is 13. The molecule has 0 saturated heterocycles. The zero-order valence-corrected chi connectivity index (χ0v) is 58.9. The smallest absolute Gasteiger partial charge is 0.456 e. The van der Waals surface area contributed by atoms with Crippen molar-refractivity contribution in [3.8, 4) is 0 Å². The molecule has 0 aliphatic rings. The highest BCUT2D eigenvalue weighted by Crippen LogP contribution is 2.43. The van der Waals surface area contributed by atoms with Gasteiger partial charge in [0.2, 0.25) is 5.91 Å². The van der Waals surface area contributed by atoms with Gasteiger partial charge < -0.3 is 19.4 Å². The monoisotopic (exact) mass is 1240 g/mol. The van der Waals surface area contributed by atoms with Crippen LogP contribution in [-0.2, 0) is 27.9 Å². The Balaban J connectivity index is 5.00. The molecular weight excluding hydrogens is 1100 g/mol. The van der Waals surface area contributed by atoms with E-state index < -0.39 is 20.0 Å². The van der Waals surface area contributed by atoms with Crippen molar-refractivity contribution in [3.05, 3.63) is 85.1 Å². The Hall–Kier alpha value is -2.81. The van der Waals surface area contributed by atoms with Crippen LogP contribution in [0.5, 0.6) is 0 Å². The maximum absolute atomic E-state index is 13.6. The number of nitrogens with zero attached hydrogens (tertiary/aromatic N) is 1. The number of hydrogen-bond acceptors (Lipinski definition) is 6. The highest BCUT2D eigenvalue weighted by atomic mass is 31.2. The quantitative estimate of drug-likeness (QED) is 0.0205. The molecule has 0 heterocycles. The van der Waals surface area contributed by atoms with Crippen LogP contribution >= 0.6 is 7.82 Å². The van der Waals surface area contributed by atoms with E-state index in [0.29, 0.717) is 17.4 Å². The van der Waals surface area contributed by atoms with E-state index in [4.69, 9.17) is 13.8 Å². The number of likely N-dealkylation sites (N-methyl/N-ethyl adjacent to an activating group) is 1. The minimum atomic E-state index is -4.46. The highest BCUT2D eigenvalue weighted by molar-refractivity contribution is 7.47. The Morgan fingerprint density at radius 3 is 1.10 bits per heavy atom. The number of amides is 1. The Morgan fingerprint density at radius 2 is 0.736 bits per heavy atom. The van der Waals surface area contributed by atoms with Crippen molar-refractivity contribution in [2.24, 2.45) is 0 Å². The lowest BCUT2D eigenvalue weighted by atomic mass is 10.0. The van der Waals surface area contributed by atoms with Crippen molar-refractivity contribution in [2.75, 3.05) is 40.9 Å². The summed E-state index contributed by atoms with van der Waals surface area (Å²) >= 11 is 0. The van der Waals surface area contributed by atoms with Crippen molar-refractivity contribution in [1.82, 2.24) is 5.32 Å². The van der Waals surface area contributed by atoms with E-state index in [1.807, 2.05) is 33.3 Å². The maximum atomic E-state index is 13.6. The van der Waals surface area contributed by atoms with E-state index in [9.17, 15) is 19.0 Å². The molecule has 87 heavy (non-hydrogen) atoms. The van der Waals surface area contributed by atoms with Gasteiger partial charge in [-0.2, -0.15) is 0 Å². The average molecular weight is 1240 g/mol. The molecule has 10 heteroatoms. The number of carbonyl (C=O) groups excluding carboxylic acids is 2. The molecule has 9 nitrogen and oxygen atoms in total. The molecule has 0 bridgehead atoms. The molecule has 0 fully saturated rings. The summed E-state index contributed by atoms with van der Waals surface area (Å²) in [5, 5.41) is 3.07. The average Bonchev–Trinajstić information content (AvgIpc) is 3.70. The summed E-state index contributed by atoms with van der Waals surface area (Å²) in [6.07, 6.45) is 88.9. The van der Waals surface area contributed by atoms with E-state index in [1.54, 1.807) is 0 Å². The SMILES string of the molecule is CC/C=C\C/C=C\C/C=C\C/C=C\C/C=C\C/C=C\CCCCCCCCC(=O)OC(/C=C/CCCCCCCCCCC)C(COP(=O)(O)OCC[N+](C)(C)C)NC(=O)CCCCCCCCCCCCCCCCCCCCCCCCCCC. The summed E-state index contributed by atoms with van der Waals surface area (Å²) < 4.78 is 30.8. The number of rotatable bonds is 67. The lowest BCUT2D eigenvalue weighted by molar-refractivity contribution is -0.870. The summed E-state index contributed by atoms with van der Waals surface area (Å²) in [5.74, 6) is -0.512. The number of nitrogens with one attached hydrogen (secondary N) is 1. The predicted octanol–water partition coefficient (Wildman–Crippen LogP) is 23.7. The van der Waals surface area contributed by atoms with Crippen LogP contribution in [0, 0.1) is 0 Å². The fourth-order valence-corrected chi connectivity index (χ4v) is 11.4. The lowest BCUT2D eigenvalue weighted by Crippen LogP contribution is -2.47. The molecule has 506 valence electrons. The van der Waals surface area contributed by atoms with Gasteiger partial charge in [-0.05, 0) is 83.1 Å². The largest absolute Gasteiger partial charge is 0.472 e. The number of phosphoric ester groups is 1. The third-order valence-electron chi connectivity index (χ3n) is 16.3. The molecule has 0 spiro atoms. The van der Waals surface area contributed by atoms with Gasteiger partial charge in [-0.25, -0.2) is 4.57 Å². The van der Waals surface area contributed by atoms with E-state index in [0.717, 1.165) is 122 Å². The summed E-state index contributed by atoms with van der Waals surface area (Å²) in [5.41, 5.74) is 0. The molecule has 0 saturated carbocycles. The number of carbonyl (C=O) groups is 2. The van der Waals surface area contributed by atoms with Crippen LogP contribution in [0.1, 0.15) is 342 Å². The third kappa shape index (κ3) is 67.4. The number of unbranched alkanes of at least 4 members (excludes halogenated alkanes) is 39. The molecule has 0 aliphatic carbocycles. The van der Waals surface area contributed by atoms with Gasteiger partial charge in [-0.3, -0.25) is 18.6 Å². The molecule has 0 rings (SSSR count). The molecule has 1 amide bonds. The van der Waals surface area contributed by atoms with Gasteiger partial charge in [-0.15, -0.1) is 0 Å². The van der Waals surface area contributed by atoms with Gasteiger partial charge in [-0.1, -0.05) is 331 Å². The van der Waals surface area contributed by atoms with Crippen molar-refractivity contribution in [2.45, 2.75) is 354 Å². The third-order valence-corrected chi connectivity index (χ3v) is 17.3. The van der Waals surface area contributed by atoms with Gasteiger partial charge in [0.15, 0.2) is 0 Å². The zero-order chi connectivity index (χ0) is 63.5. The molecule has 0 radical (unpaired) electrons. The Bertz CT molecular complexity index is 1760. The van der Waals surface area contributed by atoms with Crippen LogP contribution < -0.4 is 5.32 Å². The fraction of sp³-hybridized carbons (Fsp3) is 0.792. The molecule has 3 atom stereocenters. The van der Waals surface area contributed by atoms with E-state index >= 15 is 0 Å². The number of ether oxygens (including phenoxy) is 1. The first-order valence-corrected chi connectivity index (χ1v) is 38.4. The molecule has 0 aromatic carbocycles. The predicted molar refractivity (Wildman–Crippen MR) is 378 cm³/mol. The first-order valence-electron chi connectivity index (χ1n) is 36.9. The number of esters is 1. The van der Waals surface area contributed by atoms with Crippen LogP contribution in [0.15, 0.2) is 85.1 Å². The molecule has 0 aliphatic heterocycles. The second-order valence-corrected chi connectivity index (χ2v) is 27.5. The maximum Gasteiger partial charge on any atom is 0.472 e. The van der Waals surface area contributed by atoms with Gasteiger partial charge in [0.1, 0.15) is 19.3 Å². The molecule has 0 aromatic heterocycles. The second-order valence-electron chi connectivity index (χ2n) is 26.1.